The molecule has 2 amide bonds. The van der Waals surface area contributed by atoms with E-state index in [1.807, 2.05) is 0 Å². The summed E-state index contributed by atoms with van der Waals surface area (Å²) >= 11 is 5.84. The Bertz CT molecular complexity index is 1050. The molecule has 11 heteroatoms. The van der Waals surface area contributed by atoms with Gasteiger partial charge < -0.3 is 25.9 Å². The van der Waals surface area contributed by atoms with Crippen molar-refractivity contribution in [3.05, 3.63) is 69.7 Å². The zero-order chi connectivity index (χ0) is 24.1. The Morgan fingerprint density at radius 3 is 2.52 bits per heavy atom. The number of aliphatic hydroxyl groups is 1. The molecule has 0 aromatic heterocycles. The maximum Gasteiger partial charge on any atom is 0.263 e. The van der Waals surface area contributed by atoms with Crippen LogP contribution in [0.5, 0.6) is 0 Å². The van der Waals surface area contributed by atoms with E-state index < -0.39 is 30.0 Å². The first kappa shape index (κ1) is 24.4. The van der Waals surface area contributed by atoms with Crippen molar-refractivity contribution in [1.29, 1.82) is 0 Å². The van der Waals surface area contributed by atoms with Crippen LogP contribution in [0.3, 0.4) is 0 Å². The molecule has 4 N–H and O–H groups in total. The van der Waals surface area contributed by atoms with Gasteiger partial charge in [0.2, 0.25) is 5.91 Å². The van der Waals surface area contributed by atoms with Crippen molar-refractivity contribution in [3.63, 3.8) is 0 Å². The molecule has 3 rings (SSSR count). The van der Waals surface area contributed by atoms with Gasteiger partial charge in [-0.2, -0.15) is 0 Å². The Labute approximate surface area is 193 Å². The summed E-state index contributed by atoms with van der Waals surface area (Å²) in [4.78, 5) is 31.1. The van der Waals surface area contributed by atoms with Crippen LogP contribution < -0.4 is 11.1 Å². The van der Waals surface area contributed by atoms with Crippen molar-refractivity contribution in [1.82, 2.24) is 10.2 Å². The first-order chi connectivity index (χ1) is 15.7. The number of amides is 2. The summed E-state index contributed by atoms with van der Waals surface area (Å²) in [6, 6.07) is 9.57. The summed E-state index contributed by atoms with van der Waals surface area (Å²) in [6.07, 6.45) is -4.08. The second kappa shape index (κ2) is 10.6. The van der Waals surface area contributed by atoms with Gasteiger partial charge in [-0.25, -0.2) is 8.78 Å². The average Bonchev–Trinajstić information content (AvgIpc) is 2.76. The van der Waals surface area contributed by atoms with Gasteiger partial charge in [0.05, 0.1) is 0 Å². The van der Waals surface area contributed by atoms with Crippen LogP contribution in [0.2, 0.25) is 5.02 Å². The zero-order valence-electron chi connectivity index (χ0n) is 17.7. The van der Waals surface area contributed by atoms with E-state index in [1.165, 1.54) is 18.1 Å². The van der Waals surface area contributed by atoms with E-state index >= 15 is 0 Å². The number of nitrogens with two attached hydrogens (primary N) is 1. The summed E-state index contributed by atoms with van der Waals surface area (Å²) in [6.45, 7) is 0.483. The largest absolute Gasteiger partial charge is 0.397 e. The molecule has 1 aliphatic rings. The summed E-state index contributed by atoms with van der Waals surface area (Å²) in [5.41, 5.74) is 6.75. The van der Waals surface area contributed by atoms with Gasteiger partial charge in [-0.15, -0.1) is 0 Å². The zero-order valence-corrected chi connectivity index (χ0v) is 18.4. The molecule has 1 aliphatic heterocycles. The molecule has 2 atom stereocenters. The van der Waals surface area contributed by atoms with Crippen molar-refractivity contribution >= 4 is 29.3 Å². The number of oxime groups is 1. The maximum absolute atomic E-state index is 13.0. The average molecular weight is 481 g/mol. The number of alkyl halides is 2. The standard InChI is InChI=1S/C22H23ClF2N4O4/c1-33-28-20(26)13-4-2-12(3-5-13)11-27-21(31)17-6-7-29(17)22(32)18(30)14-8-15(19(24)25)10-16(23)9-14/h2-5,8-10,17-19,30H,6-7,11H2,1H3,(H2,26,28)(H,27,31)/t17-,18+/m0/s1. The second-order valence-electron chi connectivity index (χ2n) is 7.43. The number of nitrogens with zero attached hydrogens (tertiary/aromatic N) is 2. The first-order valence-electron chi connectivity index (χ1n) is 10.0. The number of benzene rings is 2. The Hall–Kier alpha value is -3.24. The van der Waals surface area contributed by atoms with Crippen molar-refractivity contribution in [2.45, 2.75) is 31.5 Å². The van der Waals surface area contributed by atoms with Crippen molar-refractivity contribution in [3.8, 4) is 0 Å². The Morgan fingerprint density at radius 2 is 1.94 bits per heavy atom. The minimum Gasteiger partial charge on any atom is -0.397 e. The van der Waals surface area contributed by atoms with Gasteiger partial charge in [0.25, 0.3) is 12.3 Å². The monoisotopic (exact) mass is 480 g/mol. The Morgan fingerprint density at radius 1 is 1.27 bits per heavy atom. The molecular weight excluding hydrogens is 458 g/mol. The topological polar surface area (TPSA) is 117 Å². The number of aliphatic hydroxyl groups excluding tert-OH is 1. The number of carbonyl (C=O) groups is 2. The molecule has 1 saturated heterocycles. The lowest BCUT2D eigenvalue weighted by atomic mass is 9.98. The van der Waals surface area contributed by atoms with E-state index in [4.69, 9.17) is 17.3 Å². The highest BCUT2D eigenvalue weighted by Crippen LogP contribution is 2.29. The van der Waals surface area contributed by atoms with Crippen LogP contribution >= 0.6 is 11.6 Å². The Kier molecular flexibility index (Phi) is 7.83. The minimum atomic E-state index is -2.80. The van der Waals surface area contributed by atoms with Crippen molar-refractivity contribution in [2.75, 3.05) is 13.7 Å². The number of halogens is 3. The number of carbonyl (C=O) groups excluding carboxylic acids is 2. The normalized spacial score (nSPS) is 16.8. The molecule has 2 aromatic rings. The number of hydrogen-bond acceptors (Lipinski definition) is 5. The van der Waals surface area contributed by atoms with E-state index in [2.05, 4.69) is 15.3 Å². The van der Waals surface area contributed by atoms with Gasteiger partial charge in [0.1, 0.15) is 13.2 Å². The van der Waals surface area contributed by atoms with Gasteiger partial charge in [-0.3, -0.25) is 9.59 Å². The predicted molar refractivity (Wildman–Crippen MR) is 118 cm³/mol. The molecular formula is C22H23ClF2N4O4. The maximum atomic E-state index is 13.0. The molecule has 33 heavy (non-hydrogen) atoms. The van der Waals surface area contributed by atoms with E-state index in [1.54, 1.807) is 24.3 Å². The van der Waals surface area contributed by atoms with E-state index in [0.29, 0.717) is 12.0 Å². The lowest BCUT2D eigenvalue weighted by Gasteiger charge is -2.40. The van der Waals surface area contributed by atoms with E-state index in [9.17, 15) is 23.5 Å². The second-order valence-corrected chi connectivity index (χ2v) is 7.87. The number of likely N-dealkylation sites (tertiary alicyclic amines) is 1. The molecule has 8 nitrogen and oxygen atoms in total. The van der Waals surface area contributed by atoms with Crippen LogP contribution in [-0.4, -0.2) is 47.4 Å². The third kappa shape index (κ3) is 5.77. The highest BCUT2D eigenvalue weighted by molar-refractivity contribution is 6.30. The molecule has 0 saturated carbocycles. The molecule has 0 unspecified atom stereocenters. The highest BCUT2D eigenvalue weighted by atomic mass is 35.5. The molecule has 0 bridgehead atoms. The fraction of sp³-hybridized carbons (Fsp3) is 0.318. The summed E-state index contributed by atoms with van der Waals surface area (Å²) in [5.74, 6) is -0.914. The lowest BCUT2D eigenvalue weighted by Crippen LogP contribution is -2.59. The van der Waals surface area contributed by atoms with E-state index in [0.717, 1.165) is 17.7 Å². The van der Waals surface area contributed by atoms with Gasteiger partial charge in [0.15, 0.2) is 11.9 Å². The summed E-state index contributed by atoms with van der Waals surface area (Å²) in [7, 11) is 1.39. The van der Waals surface area contributed by atoms with E-state index in [-0.39, 0.29) is 35.4 Å². The van der Waals surface area contributed by atoms with Crippen LogP contribution in [0.4, 0.5) is 8.78 Å². The summed E-state index contributed by atoms with van der Waals surface area (Å²) in [5, 5.41) is 16.8. The fourth-order valence-electron chi connectivity index (χ4n) is 3.39. The smallest absolute Gasteiger partial charge is 0.263 e. The van der Waals surface area contributed by atoms with Crippen molar-refractivity contribution in [2.24, 2.45) is 10.9 Å². The molecule has 176 valence electrons. The minimum absolute atomic E-state index is 0.0196. The molecule has 2 aromatic carbocycles. The summed E-state index contributed by atoms with van der Waals surface area (Å²) < 4.78 is 26.0. The van der Waals surface area contributed by atoms with Gasteiger partial charge in [-0.1, -0.05) is 41.0 Å². The predicted octanol–water partition coefficient (Wildman–Crippen LogP) is 2.50. The molecule has 0 spiro atoms. The fourth-order valence-corrected chi connectivity index (χ4v) is 3.65. The third-order valence-electron chi connectivity index (χ3n) is 5.26. The van der Waals surface area contributed by atoms with Crippen LogP contribution in [0.1, 0.15) is 41.2 Å². The quantitative estimate of drug-likeness (QED) is 0.305. The van der Waals surface area contributed by atoms with Gasteiger partial charge in [0, 0.05) is 29.2 Å². The van der Waals surface area contributed by atoms with Crippen molar-refractivity contribution < 1.29 is 28.3 Å². The molecule has 1 heterocycles. The van der Waals surface area contributed by atoms with Crippen LogP contribution in [0.15, 0.2) is 47.6 Å². The lowest BCUT2D eigenvalue weighted by molar-refractivity contribution is -0.154. The number of hydrogen-bond donors (Lipinski definition) is 3. The molecule has 0 radical (unpaired) electrons. The molecule has 0 aliphatic carbocycles. The van der Waals surface area contributed by atoms with Gasteiger partial charge in [-0.05, 0) is 35.7 Å². The highest BCUT2D eigenvalue weighted by Gasteiger charge is 2.40. The van der Waals surface area contributed by atoms with Crippen LogP contribution in [0, 0.1) is 0 Å². The molecule has 1 fully saturated rings. The number of nitrogens with one attached hydrogen (secondary N) is 1. The number of rotatable bonds is 8. The Balaban J connectivity index is 1.60. The van der Waals surface area contributed by atoms with Crippen LogP contribution in [-0.2, 0) is 21.0 Å². The van der Waals surface area contributed by atoms with Crippen LogP contribution in [0.25, 0.3) is 0 Å². The first-order valence-corrected chi connectivity index (χ1v) is 10.4. The third-order valence-corrected chi connectivity index (χ3v) is 5.47. The van der Waals surface area contributed by atoms with Gasteiger partial charge >= 0.3 is 0 Å². The SMILES string of the molecule is CO/N=C(\N)c1ccc(CNC(=O)[C@@H]2CCN2C(=O)[C@H](O)c2cc(Cl)cc(C(F)F)c2)cc1. The number of amidine groups is 1.